The Hall–Kier alpha value is -3.22. The Kier molecular flexibility index (Phi) is 2.87. The summed E-state index contributed by atoms with van der Waals surface area (Å²) in [4.78, 5) is 4.33. The fourth-order valence-electron chi connectivity index (χ4n) is 2.63. The quantitative estimate of drug-likeness (QED) is 0.617. The number of halogens is 1. The summed E-state index contributed by atoms with van der Waals surface area (Å²) in [7, 11) is 1.84. The van der Waals surface area contributed by atoms with Crippen LogP contribution in [0.2, 0.25) is 0 Å². The van der Waals surface area contributed by atoms with Gasteiger partial charge in [-0.2, -0.15) is 10.2 Å². The Bertz CT molecular complexity index is 999. The summed E-state index contributed by atoms with van der Waals surface area (Å²) in [6.45, 7) is 0. The standard InChI is InChI=1S/C16H13FN6/c1-22-8-13(15(21-22)10-2-4-11(17)5-3-10)12-6-7-19-23-9-14(18)20-16(12)23/h2-9H,18H2,1H3. The lowest BCUT2D eigenvalue weighted by molar-refractivity contribution is 0.628. The molecule has 3 heterocycles. The molecule has 4 rings (SSSR count). The molecule has 0 saturated carbocycles. The number of hydrogen-bond acceptors (Lipinski definition) is 4. The second-order valence-corrected chi connectivity index (χ2v) is 5.25. The van der Waals surface area contributed by atoms with Crippen LogP contribution < -0.4 is 5.73 Å². The highest BCUT2D eigenvalue weighted by Gasteiger charge is 2.16. The number of nitrogen functional groups attached to an aromatic ring is 1. The van der Waals surface area contributed by atoms with Crippen molar-refractivity contribution >= 4 is 11.5 Å². The number of hydrogen-bond donors (Lipinski definition) is 1. The van der Waals surface area contributed by atoms with Crippen LogP contribution in [0.5, 0.6) is 0 Å². The summed E-state index contributed by atoms with van der Waals surface area (Å²) < 4.78 is 16.5. The summed E-state index contributed by atoms with van der Waals surface area (Å²) in [5, 5.41) is 8.71. The van der Waals surface area contributed by atoms with Crippen molar-refractivity contribution in [3.05, 3.63) is 54.7 Å². The first-order chi connectivity index (χ1) is 11.1. The number of aryl methyl sites for hydroxylation is 1. The Morgan fingerprint density at radius 1 is 1.04 bits per heavy atom. The van der Waals surface area contributed by atoms with Gasteiger partial charge in [0, 0.05) is 36.1 Å². The van der Waals surface area contributed by atoms with Crippen molar-refractivity contribution in [2.75, 3.05) is 5.73 Å². The van der Waals surface area contributed by atoms with Gasteiger partial charge >= 0.3 is 0 Å². The molecule has 0 bridgehead atoms. The van der Waals surface area contributed by atoms with E-state index >= 15 is 0 Å². The molecule has 0 amide bonds. The number of aromatic nitrogens is 5. The van der Waals surface area contributed by atoms with Gasteiger partial charge in [0.2, 0.25) is 0 Å². The molecule has 0 aliphatic carbocycles. The van der Waals surface area contributed by atoms with Gasteiger partial charge in [-0.25, -0.2) is 13.9 Å². The summed E-state index contributed by atoms with van der Waals surface area (Å²) >= 11 is 0. The Morgan fingerprint density at radius 2 is 1.83 bits per heavy atom. The van der Waals surface area contributed by atoms with Gasteiger partial charge in [-0.05, 0) is 30.3 Å². The first kappa shape index (κ1) is 13.4. The SMILES string of the molecule is Cn1cc(-c2ccnn3cc(N)nc23)c(-c2ccc(F)cc2)n1. The zero-order valence-corrected chi connectivity index (χ0v) is 12.3. The van der Waals surface area contributed by atoms with E-state index in [4.69, 9.17) is 5.73 Å². The van der Waals surface area contributed by atoms with Crippen molar-refractivity contribution in [1.29, 1.82) is 0 Å². The number of imidazole rings is 1. The minimum Gasteiger partial charge on any atom is -0.382 e. The third-order valence-corrected chi connectivity index (χ3v) is 3.62. The van der Waals surface area contributed by atoms with E-state index in [1.165, 1.54) is 12.1 Å². The van der Waals surface area contributed by atoms with Gasteiger partial charge in [-0.3, -0.25) is 4.68 Å². The predicted octanol–water partition coefficient (Wildman–Crippen LogP) is 2.52. The normalized spacial score (nSPS) is 11.2. The molecule has 0 aliphatic rings. The Morgan fingerprint density at radius 3 is 2.61 bits per heavy atom. The molecule has 114 valence electrons. The number of benzene rings is 1. The first-order valence-corrected chi connectivity index (χ1v) is 7.01. The van der Waals surface area contributed by atoms with Gasteiger partial charge in [0.05, 0.1) is 6.20 Å². The van der Waals surface area contributed by atoms with Crippen LogP contribution in [-0.4, -0.2) is 24.4 Å². The molecule has 0 spiro atoms. The lowest BCUT2D eigenvalue weighted by Gasteiger charge is -2.04. The molecule has 3 aromatic heterocycles. The number of fused-ring (bicyclic) bond motifs is 1. The number of nitrogens with two attached hydrogens (primary N) is 1. The van der Waals surface area contributed by atoms with Crippen molar-refractivity contribution in [2.24, 2.45) is 7.05 Å². The van der Waals surface area contributed by atoms with E-state index in [2.05, 4.69) is 15.2 Å². The molecule has 0 aliphatic heterocycles. The molecule has 23 heavy (non-hydrogen) atoms. The van der Waals surface area contributed by atoms with E-state index in [1.807, 2.05) is 19.3 Å². The molecule has 7 heteroatoms. The highest BCUT2D eigenvalue weighted by molar-refractivity contribution is 5.87. The molecule has 0 atom stereocenters. The molecule has 0 unspecified atom stereocenters. The fraction of sp³-hybridized carbons (Fsp3) is 0.0625. The van der Waals surface area contributed by atoms with Crippen LogP contribution in [-0.2, 0) is 7.05 Å². The van der Waals surface area contributed by atoms with E-state index in [0.717, 1.165) is 22.4 Å². The van der Waals surface area contributed by atoms with Gasteiger partial charge in [0.15, 0.2) is 5.65 Å². The van der Waals surface area contributed by atoms with Crippen molar-refractivity contribution in [3.8, 4) is 22.4 Å². The van der Waals surface area contributed by atoms with Crippen molar-refractivity contribution in [3.63, 3.8) is 0 Å². The Balaban J connectivity index is 1.97. The van der Waals surface area contributed by atoms with Gasteiger partial charge in [-0.1, -0.05) is 0 Å². The number of nitrogens with zero attached hydrogens (tertiary/aromatic N) is 5. The summed E-state index contributed by atoms with van der Waals surface area (Å²) in [6, 6.07) is 8.12. The first-order valence-electron chi connectivity index (χ1n) is 7.01. The van der Waals surface area contributed by atoms with E-state index in [1.54, 1.807) is 33.7 Å². The molecule has 0 saturated heterocycles. The van der Waals surface area contributed by atoms with Crippen LogP contribution in [0.4, 0.5) is 10.2 Å². The molecule has 6 nitrogen and oxygen atoms in total. The smallest absolute Gasteiger partial charge is 0.163 e. The third kappa shape index (κ3) is 2.22. The Labute approximate surface area is 131 Å². The zero-order chi connectivity index (χ0) is 16.0. The molecule has 0 radical (unpaired) electrons. The average molecular weight is 308 g/mol. The monoisotopic (exact) mass is 308 g/mol. The minimum atomic E-state index is -0.279. The summed E-state index contributed by atoms with van der Waals surface area (Å²) in [5.41, 5.74) is 9.76. The topological polar surface area (TPSA) is 74.0 Å². The number of rotatable bonds is 2. The third-order valence-electron chi connectivity index (χ3n) is 3.62. The highest BCUT2D eigenvalue weighted by atomic mass is 19.1. The molecular weight excluding hydrogens is 295 g/mol. The van der Waals surface area contributed by atoms with Crippen LogP contribution in [0.25, 0.3) is 28.0 Å². The fourth-order valence-corrected chi connectivity index (χ4v) is 2.63. The molecule has 0 fully saturated rings. The summed E-state index contributed by atoms with van der Waals surface area (Å²) in [6.07, 6.45) is 5.25. The maximum atomic E-state index is 13.2. The van der Waals surface area contributed by atoms with Crippen molar-refractivity contribution in [2.45, 2.75) is 0 Å². The second kappa shape index (κ2) is 4.91. The van der Waals surface area contributed by atoms with Crippen LogP contribution >= 0.6 is 0 Å². The molecule has 4 aromatic rings. The van der Waals surface area contributed by atoms with Crippen molar-refractivity contribution in [1.82, 2.24) is 24.4 Å². The lowest BCUT2D eigenvalue weighted by Crippen LogP contribution is -1.92. The van der Waals surface area contributed by atoms with Gasteiger partial charge in [0.25, 0.3) is 0 Å². The van der Waals surface area contributed by atoms with E-state index in [-0.39, 0.29) is 5.82 Å². The summed E-state index contributed by atoms with van der Waals surface area (Å²) in [5.74, 6) is 0.121. The molecular formula is C16H13FN6. The van der Waals surface area contributed by atoms with E-state index in [9.17, 15) is 4.39 Å². The van der Waals surface area contributed by atoms with Crippen molar-refractivity contribution < 1.29 is 4.39 Å². The molecule has 1 aromatic carbocycles. The van der Waals surface area contributed by atoms with E-state index in [0.29, 0.717) is 11.5 Å². The van der Waals surface area contributed by atoms with E-state index < -0.39 is 0 Å². The maximum absolute atomic E-state index is 13.2. The van der Waals surface area contributed by atoms with Crippen LogP contribution in [0.1, 0.15) is 0 Å². The minimum absolute atomic E-state index is 0.279. The van der Waals surface area contributed by atoms with Crippen LogP contribution in [0, 0.1) is 5.82 Å². The lowest BCUT2D eigenvalue weighted by atomic mass is 10.0. The van der Waals surface area contributed by atoms with Gasteiger partial charge in [-0.15, -0.1) is 0 Å². The average Bonchev–Trinajstić information content (AvgIpc) is 3.09. The van der Waals surface area contributed by atoms with Crippen LogP contribution in [0.15, 0.2) is 48.9 Å². The largest absolute Gasteiger partial charge is 0.382 e. The highest BCUT2D eigenvalue weighted by Crippen LogP contribution is 2.33. The van der Waals surface area contributed by atoms with Gasteiger partial charge in [0.1, 0.15) is 17.3 Å². The van der Waals surface area contributed by atoms with Gasteiger partial charge < -0.3 is 5.73 Å². The zero-order valence-electron chi connectivity index (χ0n) is 12.3. The number of anilines is 1. The second-order valence-electron chi connectivity index (χ2n) is 5.25. The van der Waals surface area contributed by atoms with Crippen LogP contribution in [0.3, 0.4) is 0 Å². The molecule has 2 N–H and O–H groups in total. The predicted molar refractivity (Wildman–Crippen MR) is 85.0 cm³/mol. The maximum Gasteiger partial charge on any atom is 0.163 e.